The third-order valence-electron chi connectivity index (χ3n) is 9.42. The molecule has 0 unspecified atom stereocenters. The molecule has 5 N–H and O–H groups in total. The summed E-state index contributed by atoms with van der Waals surface area (Å²) in [6, 6.07) is 6.99. The summed E-state index contributed by atoms with van der Waals surface area (Å²) in [4.78, 5) is 40.5. The molecule has 1 aromatic heterocycles. The van der Waals surface area contributed by atoms with Crippen LogP contribution in [0.2, 0.25) is 0 Å². The number of hydrogen-bond donors (Lipinski definition) is 4. The van der Waals surface area contributed by atoms with Gasteiger partial charge in [-0.3, -0.25) is 19.1 Å². The highest BCUT2D eigenvalue weighted by atomic mass is 19.1. The van der Waals surface area contributed by atoms with Gasteiger partial charge in [-0.25, -0.2) is 13.6 Å². The Labute approximate surface area is 267 Å². The Morgan fingerprint density at radius 2 is 1.74 bits per heavy atom. The number of nitrogens with one attached hydrogen (secondary N) is 3. The van der Waals surface area contributed by atoms with Crippen LogP contribution in [0.15, 0.2) is 30.3 Å². The number of hydrogen-bond acceptors (Lipinski definition) is 6. The van der Waals surface area contributed by atoms with E-state index >= 15 is 4.39 Å². The summed E-state index contributed by atoms with van der Waals surface area (Å²) in [7, 11) is 0. The van der Waals surface area contributed by atoms with Crippen LogP contribution in [0.4, 0.5) is 19.3 Å². The van der Waals surface area contributed by atoms with E-state index in [1.165, 1.54) is 18.2 Å². The maximum absolute atomic E-state index is 15.7. The van der Waals surface area contributed by atoms with Gasteiger partial charge >= 0.3 is 6.03 Å². The van der Waals surface area contributed by atoms with Crippen molar-refractivity contribution in [2.24, 2.45) is 11.1 Å². The van der Waals surface area contributed by atoms with Crippen LogP contribution in [0.1, 0.15) is 66.8 Å². The Kier molecular flexibility index (Phi) is 9.02. The second-order valence-corrected chi connectivity index (χ2v) is 13.5. The third kappa shape index (κ3) is 6.73. The van der Waals surface area contributed by atoms with Crippen molar-refractivity contribution in [2.45, 2.75) is 64.5 Å². The number of carbonyl (C=O) groups is 3. The number of nitrogens with two attached hydrogens (primary N) is 1. The van der Waals surface area contributed by atoms with E-state index in [2.05, 4.69) is 20.9 Å². The predicted molar refractivity (Wildman–Crippen MR) is 172 cm³/mol. The molecule has 0 spiro atoms. The Morgan fingerprint density at radius 1 is 1.02 bits per heavy atom. The van der Waals surface area contributed by atoms with Gasteiger partial charge in [0.15, 0.2) is 0 Å². The Morgan fingerprint density at radius 3 is 2.46 bits per heavy atom. The highest BCUT2D eigenvalue weighted by molar-refractivity contribution is 6.06. The Balaban J connectivity index is 1.19. The number of amides is 3. The van der Waals surface area contributed by atoms with E-state index in [0.717, 1.165) is 19.6 Å². The third-order valence-corrected chi connectivity index (χ3v) is 9.42. The average Bonchev–Trinajstić information content (AvgIpc) is 3.30. The molecule has 12 heteroatoms. The van der Waals surface area contributed by atoms with E-state index < -0.39 is 17.5 Å². The maximum Gasteiger partial charge on any atom is 0.315 e. The molecule has 3 heterocycles. The summed E-state index contributed by atoms with van der Waals surface area (Å²) < 4.78 is 37.0. The molecule has 1 saturated carbocycles. The maximum atomic E-state index is 15.7. The topological polar surface area (TPSA) is 131 Å². The number of carbonyl (C=O) groups excluding carboxylic acids is 3. The number of morpholine rings is 1. The molecule has 1 saturated heterocycles. The molecule has 2 aromatic carbocycles. The quantitative estimate of drug-likeness (QED) is 0.285. The van der Waals surface area contributed by atoms with Crippen molar-refractivity contribution in [3.05, 3.63) is 53.2 Å². The van der Waals surface area contributed by atoms with Gasteiger partial charge in [-0.05, 0) is 73.4 Å². The molecule has 3 aliphatic rings. The first-order valence-electron chi connectivity index (χ1n) is 16.1. The largest absolute Gasteiger partial charge is 0.382 e. The summed E-state index contributed by atoms with van der Waals surface area (Å²) in [5.41, 5.74) is 7.60. The molecule has 0 bridgehead atoms. The minimum Gasteiger partial charge on any atom is -0.382 e. The standard InChI is InChI=1S/C34H42F2N6O4/c1-34(2)18-28-30(24-8-3-21(35)17-27(24)42(28)29(43)19-34)20-15-25(36)31(32(37)44)26(16-20)39-22-4-6-23(7-5-22)40-33(45)38-9-10-41-11-13-46-14-12-41/h3,8,15-17,22-23,39H,4-7,9-14,18-19H2,1-2H3,(H2,37,44)(H2,38,40,45). The van der Waals surface area contributed by atoms with Crippen molar-refractivity contribution >= 4 is 34.4 Å². The van der Waals surface area contributed by atoms with Crippen molar-refractivity contribution in [3.63, 3.8) is 0 Å². The molecule has 6 rings (SSSR count). The highest BCUT2D eigenvalue weighted by Gasteiger charge is 2.36. The zero-order valence-corrected chi connectivity index (χ0v) is 26.4. The summed E-state index contributed by atoms with van der Waals surface area (Å²) in [6.45, 7) is 8.50. The minimum atomic E-state index is -0.891. The lowest BCUT2D eigenvalue weighted by Crippen LogP contribution is -2.47. The van der Waals surface area contributed by atoms with E-state index in [4.69, 9.17) is 10.5 Å². The smallest absolute Gasteiger partial charge is 0.315 e. The van der Waals surface area contributed by atoms with Gasteiger partial charge in [0.05, 0.1) is 30.0 Å². The number of nitrogens with zero attached hydrogens (tertiary/aromatic N) is 2. The lowest BCUT2D eigenvalue weighted by Gasteiger charge is -2.31. The molecule has 3 amide bonds. The monoisotopic (exact) mass is 636 g/mol. The second kappa shape index (κ2) is 13.0. The molecule has 1 aliphatic carbocycles. The van der Waals surface area contributed by atoms with Crippen molar-refractivity contribution in [1.82, 2.24) is 20.1 Å². The van der Waals surface area contributed by atoms with Crippen LogP contribution >= 0.6 is 0 Å². The zero-order chi connectivity index (χ0) is 32.6. The van der Waals surface area contributed by atoms with Crippen molar-refractivity contribution in [2.75, 3.05) is 44.7 Å². The fourth-order valence-corrected chi connectivity index (χ4v) is 7.20. The predicted octanol–water partition coefficient (Wildman–Crippen LogP) is 4.65. The lowest BCUT2D eigenvalue weighted by molar-refractivity contribution is 0.0387. The van der Waals surface area contributed by atoms with Crippen LogP contribution in [-0.4, -0.2) is 78.8 Å². The normalized spacial score (nSPS) is 21.5. The number of benzene rings is 2. The first-order valence-corrected chi connectivity index (χ1v) is 16.1. The van der Waals surface area contributed by atoms with Gasteiger partial charge in [0.2, 0.25) is 5.91 Å². The molecule has 3 aromatic rings. The van der Waals surface area contributed by atoms with E-state index in [1.54, 1.807) is 16.7 Å². The molecule has 2 aliphatic heterocycles. The summed E-state index contributed by atoms with van der Waals surface area (Å²) in [5, 5.41) is 9.99. The SMILES string of the molecule is CC1(C)CC(=O)n2c(c(-c3cc(F)c(C(N)=O)c(NC4CCC(NC(=O)NCCN5CCOCC5)CC4)c3)c3ccc(F)cc32)C1. The highest BCUT2D eigenvalue weighted by Crippen LogP contribution is 2.44. The minimum absolute atomic E-state index is 0.000588. The zero-order valence-electron chi connectivity index (χ0n) is 26.4. The summed E-state index contributed by atoms with van der Waals surface area (Å²) >= 11 is 0. The number of primary amides is 1. The van der Waals surface area contributed by atoms with E-state index in [-0.39, 0.29) is 40.7 Å². The summed E-state index contributed by atoms with van der Waals surface area (Å²) in [6.07, 6.45) is 3.63. The van der Waals surface area contributed by atoms with Crippen molar-refractivity contribution < 1.29 is 27.9 Å². The molecular formula is C34H42F2N6O4. The van der Waals surface area contributed by atoms with E-state index in [0.29, 0.717) is 86.0 Å². The first-order chi connectivity index (χ1) is 22.0. The summed E-state index contributed by atoms with van der Waals surface area (Å²) in [5.74, 6) is -2.27. The average molecular weight is 637 g/mol. The second-order valence-electron chi connectivity index (χ2n) is 13.5. The van der Waals surface area contributed by atoms with Gasteiger partial charge in [-0.2, -0.15) is 0 Å². The molecule has 0 atom stereocenters. The molecule has 2 fully saturated rings. The molecule has 10 nitrogen and oxygen atoms in total. The first kappa shape index (κ1) is 31.9. The lowest BCUT2D eigenvalue weighted by atomic mass is 9.80. The molecule has 246 valence electrons. The molecular weight excluding hydrogens is 594 g/mol. The van der Waals surface area contributed by atoms with Crippen LogP contribution in [0.3, 0.4) is 0 Å². The van der Waals surface area contributed by atoms with Crippen LogP contribution in [0, 0.1) is 17.0 Å². The van der Waals surface area contributed by atoms with Gasteiger partial charge < -0.3 is 26.4 Å². The van der Waals surface area contributed by atoms with Gasteiger partial charge in [0.1, 0.15) is 11.6 Å². The van der Waals surface area contributed by atoms with Crippen LogP contribution in [0.5, 0.6) is 0 Å². The van der Waals surface area contributed by atoms with Crippen LogP contribution in [0.25, 0.3) is 22.0 Å². The fourth-order valence-electron chi connectivity index (χ4n) is 7.20. The Hall–Kier alpha value is -4.03. The number of rotatable bonds is 8. The molecule has 0 radical (unpaired) electrons. The molecule has 46 heavy (non-hydrogen) atoms. The number of urea groups is 1. The fraction of sp³-hybridized carbons (Fsp3) is 0.500. The van der Waals surface area contributed by atoms with Crippen LogP contribution in [-0.2, 0) is 11.2 Å². The van der Waals surface area contributed by atoms with Crippen molar-refractivity contribution in [3.8, 4) is 11.1 Å². The van der Waals surface area contributed by atoms with E-state index in [9.17, 15) is 18.8 Å². The number of anilines is 1. The van der Waals surface area contributed by atoms with Crippen molar-refractivity contribution in [1.29, 1.82) is 0 Å². The number of aromatic nitrogens is 1. The number of fused-ring (bicyclic) bond motifs is 3. The van der Waals surface area contributed by atoms with Gasteiger partial charge in [0.25, 0.3) is 5.91 Å². The Bertz CT molecular complexity index is 1660. The number of ether oxygens (including phenoxy) is 1. The van der Waals surface area contributed by atoms with Crippen LogP contribution < -0.4 is 21.7 Å². The van der Waals surface area contributed by atoms with Gasteiger partial charge in [-0.15, -0.1) is 0 Å². The van der Waals surface area contributed by atoms with Gasteiger partial charge in [0, 0.05) is 61.3 Å². The van der Waals surface area contributed by atoms with E-state index in [1.807, 2.05) is 13.8 Å². The van der Waals surface area contributed by atoms with Gasteiger partial charge in [-0.1, -0.05) is 13.8 Å². The number of halogens is 2.